The first-order valence-corrected chi connectivity index (χ1v) is 8.03. The van der Waals surface area contributed by atoms with Crippen molar-refractivity contribution in [3.63, 3.8) is 0 Å². The van der Waals surface area contributed by atoms with Crippen LogP contribution in [-0.2, 0) is 13.0 Å². The van der Waals surface area contributed by atoms with E-state index in [1.165, 1.54) is 5.56 Å². The summed E-state index contributed by atoms with van der Waals surface area (Å²) in [7, 11) is 0. The number of nitrogens with zero attached hydrogens (tertiary/aromatic N) is 1. The predicted molar refractivity (Wildman–Crippen MR) is 95.9 cm³/mol. The molecule has 0 unspecified atom stereocenters. The van der Waals surface area contributed by atoms with Crippen LogP contribution in [0.4, 0.5) is 0 Å². The highest BCUT2D eigenvalue weighted by molar-refractivity contribution is 6.30. The van der Waals surface area contributed by atoms with E-state index in [0.717, 1.165) is 17.7 Å². The summed E-state index contributed by atoms with van der Waals surface area (Å²) in [6, 6.07) is 21.5. The zero-order valence-corrected chi connectivity index (χ0v) is 13.8. The van der Waals surface area contributed by atoms with Crippen molar-refractivity contribution >= 4 is 17.5 Å². The van der Waals surface area contributed by atoms with Crippen molar-refractivity contribution in [2.45, 2.75) is 13.0 Å². The lowest BCUT2D eigenvalue weighted by molar-refractivity contribution is 0.0944. The van der Waals surface area contributed by atoms with Crippen LogP contribution in [0.15, 0.2) is 66.7 Å². The number of benzene rings is 2. The van der Waals surface area contributed by atoms with Crippen molar-refractivity contribution in [2.75, 3.05) is 0 Å². The number of hydrogen-bond donors (Lipinski definition) is 2. The number of carbonyl (C=O) groups excluding carboxylic acids is 1. The predicted octanol–water partition coefficient (Wildman–Crippen LogP) is 3.38. The summed E-state index contributed by atoms with van der Waals surface area (Å²) in [5, 5.41) is 0.690. The number of nitrogens with two attached hydrogens (primary N) is 1. The van der Waals surface area contributed by atoms with Crippen molar-refractivity contribution in [1.29, 1.82) is 0 Å². The Bertz CT molecular complexity index is 826. The molecule has 1 amide bonds. The van der Waals surface area contributed by atoms with E-state index in [1.807, 2.05) is 53.1 Å². The van der Waals surface area contributed by atoms with Crippen LogP contribution in [0, 0.1) is 0 Å². The third-order valence-electron chi connectivity index (χ3n) is 3.92. The highest BCUT2D eigenvalue weighted by atomic mass is 35.5. The maximum absolute atomic E-state index is 12.1. The van der Waals surface area contributed by atoms with Gasteiger partial charge in [0.1, 0.15) is 5.69 Å². The van der Waals surface area contributed by atoms with Crippen LogP contribution in [0.3, 0.4) is 0 Å². The molecule has 122 valence electrons. The van der Waals surface area contributed by atoms with E-state index >= 15 is 0 Å². The molecule has 4 nitrogen and oxygen atoms in total. The first-order chi connectivity index (χ1) is 11.7. The van der Waals surface area contributed by atoms with E-state index in [-0.39, 0.29) is 5.91 Å². The standard InChI is InChI=1S/C19H18ClN3O/c20-16-8-6-15(7-9-16)13-23-17(10-11-18(23)19(24)22-21)12-14-4-2-1-3-5-14/h1-11H,12-13,21H2,(H,22,24). The maximum atomic E-state index is 12.1. The van der Waals surface area contributed by atoms with E-state index < -0.39 is 0 Å². The zero-order chi connectivity index (χ0) is 16.9. The summed E-state index contributed by atoms with van der Waals surface area (Å²) in [5.41, 5.74) is 6.06. The minimum atomic E-state index is -0.303. The van der Waals surface area contributed by atoms with Crippen LogP contribution in [0.1, 0.15) is 27.3 Å². The Morgan fingerprint density at radius 1 is 0.958 bits per heavy atom. The van der Waals surface area contributed by atoms with Gasteiger partial charge in [-0.1, -0.05) is 54.1 Å². The van der Waals surface area contributed by atoms with Crippen molar-refractivity contribution in [2.24, 2.45) is 5.84 Å². The maximum Gasteiger partial charge on any atom is 0.281 e. The number of hydrogen-bond acceptors (Lipinski definition) is 2. The van der Waals surface area contributed by atoms with Gasteiger partial charge in [0, 0.05) is 23.7 Å². The molecule has 0 bridgehead atoms. The average molecular weight is 340 g/mol. The average Bonchev–Trinajstić information content (AvgIpc) is 2.99. The van der Waals surface area contributed by atoms with Gasteiger partial charge in [0.2, 0.25) is 0 Å². The second kappa shape index (κ2) is 7.34. The topological polar surface area (TPSA) is 60.0 Å². The van der Waals surface area contributed by atoms with Crippen LogP contribution in [-0.4, -0.2) is 10.5 Å². The van der Waals surface area contributed by atoms with Crippen LogP contribution in [0.5, 0.6) is 0 Å². The summed E-state index contributed by atoms with van der Waals surface area (Å²) in [4.78, 5) is 12.1. The molecule has 0 aliphatic rings. The quantitative estimate of drug-likeness (QED) is 0.425. The molecule has 0 radical (unpaired) electrons. The number of nitrogen functional groups attached to an aromatic ring is 1. The molecule has 0 spiro atoms. The summed E-state index contributed by atoms with van der Waals surface area (Å²) < 4.78 is 1.98. The summed E-state index contributed by atoms with van der Waals surface area (Å²) in [6.45, 7) is 0.578. The number of aromatic nitrogens is 1. The van der Waals surface area contributed by atoms with Crippen molar-refractivity contribution < 1.29 is 4.79 Å². The molecule has 5 heteroatoms. The summed E-state index contributed by atoms with van der Waals surface area (Å²) in [5.74, 6) is 5.02. The van der Waals surface area contributed by atoms with Crippen molar-refractivity contribution in [3.05, 3.63) is 94.3 Å². The van der Waals surface area contributed by atoms with Gasteiger partial charge in [-0.3, -0.25) is 10.2 Å². The Kier molecular flexibility index (Phi) is 4.99. The van der Waals surface area contributed by atoms with Crippen LogP contribution >= 0.6 is 11.6 Å². The Morgan fingerprint density at radius 2 is 1.67 bits per heavy atom. The molecule has 3 aromatic rings. The van der Waals surface area contributed by atoms with Crippen LogP contribution in [0.25, 0.3) is 0 Å². The lowest BCUT2D eigenvalue weighted by Crippen LogP contribution is -2.32. The van der Waals surface area contributed by atoms with E-state index in [4.69, 9.17) is 17.4 Å². The first kappa shape index (κ1) is 16.3. The van der Waals surface area contributed by atoms with Gasteiger partial charge >= 0.3 is 0 Å². The molecule has 0 aliphatic heterocycles. The highest BCUT2D eigenvalue weighted by Gasteiger charge is 2.15. The van der Waals surface area contributed by atoms with E-state index in [0.29, 0.717) is 17.3 Å². The van der Waals surface area contributed by atoms with Gasteiger partial charge in [0.15, 0.2) is 0 Å². The molecule has 24 heavy (non-hydrogen) atoms. The molecule has 0 atom stereocenters. The molecule has 2 aromatic carbocycles. The van der Waals surface area contributed by atoms with Gasteiger partial charge in [0.05, 0.1) is 0 Å². The molecular formula is C19H18ClN3O. The molecule has 3 rings (SSSR count). The van der Waals surface area contributed by atoms with Crippen LogP contribution in [0.2, 0.25) is 5.02 Å². The first-order valence-electron chi connectivity index (χ1n) is 7.65. The fraction of sp³-hybridized carbons (Fsp3) is 0.105. The minimum Gasteiger partial charge on any atom is -0.336 e. The third kappa shape index (κ3) is 3.67. The number of carbonyl (C=O) groups is 1. The Balaban J connectivity index is 1.95. The zero-order valence-electron chi connectivity index (χ0n) is 13.1. The molecular weight excluding hydrogens is 322 g/mol. The van der Waals surface area contributed by atoms with Gasteiger partial charge in [-0.2, -0.15) is 0 Å². The fourth-order valence-corrected chi connectivity index (χ4v) is 2.83. The number of hydrazine groups is 1. The van der Waals surface area contributed by atoms with E-state index in [2.05, 4.69) is 17.6 Å². The van der Waals surface area contributed by atoms with Crippen molar-refractivity contribution in [1.82, 2.24) is 9.99 Å². The van der Waals surface area contributed by atoms with Crippen LogP contribution < -0.4 is 11.3 Å². The van der Waals surface area contributed by atoms with Gasteiger partial charge in [-0.05, 0) is 35.4 Å². The second-order valence-corrected chi connectivity index (χ2v) is 5.99. The Morgan fingerprint density at radius 3 is 2.33 bits per heavy atom. The molecule has 1 aromatic heterocycles. The molecule has 0 fully saturated rings. The summed E-state index contributed by atoms with van der Waals surface area (Å²) >= 11 is 5.95. The number of rotatable bonds is 5. The molecule has 0 saturated heterocycles. The molecule has 0 aliphatic carbocycles. The van der Waals surface area contributed by atoms with Gasteiger partial charge in [-0.25, -0.2) is 5.84 Å². The largest absolute Gasteiger partial charge is 0.336 e. The Labute approximate surface area is 145 Å². The number of amides is 1. The second-order valence-electron chi connectivity index (χ2n) is 5.56. The minimum absolute atomic E-state index is 0.303. The van der Waals surface area contributed by atoms with Crippen molar-refractivity contribution in [3.8, 4) is 0 Å². The van der Waals surface area contributed by atoms with Gasteiger partial charge in [0.25, 0.3) is 5.91 Å². The monoisotopic (exact) mass is 339 g/mol. The van der Waals surface area contributed by atoms with Gasteiger partial charge in [-0.15, -0.1) is 0 Å². The number of halogens is 1. The van der Waals surface area contributed by atoms with E-state index in [9.17, 15) is 4.79 Å². The molecule has 1 heterocycles. The Hall–Kier alpha value is -2.56. The lowest BCUT2D eigenvalue weighted by Gasteiger charge is -2.13. The van der Waals surface area contributed by atoms with E-state index in [1.54, 1.807) is 6.07 Å². The normalized spacial score (nSPS) is 10.6. The number of nitrogens with one attached hydrogen (secondary N) is 1. The fourth-order valence-electron chi connectivity index (χ4n) is 2.70. The molecule has 0 saturated carbocycles. The third-order valence-corrected chi connectivity index (χ3v) is 4.17. The summed E-state index contributed by atoms with van der Waals surface area (Å²) in [6.07, 6.45) is 0.742. The van der Waals surface area contributed by atoms with Gasteiger partial charge < -0.3 is 4.57 Å². The lowest BCUT2D eigenvalue weighted by atomic mass is 10.1. The smallest absolute Gasteiger partial charge is 0.281 e. The SMILES string of the molecule is NNC(=O)c1ccc(Cc2ccccc2)n1Cc1ccc(Cl)cc1. The highest BCUT2D eigenvalue weighted by Crippen LogP contribution is 2.18. The molecule has 3 N–H and O–H groups in total.